The van der Waals surface area contributed by atoms with Gasteiger partial charge in [-0.25, -0.2) is 4.98 Å². The highest BCUT2D eigenvalue weighted by molar-refractivity contribution is 4.96. The molecule has 0 aromatic carbocycles. The first kappa shape index (κ1) is 14.4. The Morgan fingerprint density at radius 2 is 1.95 bits per heavy atom. The van der Waals surface area contributed by atoms with Crippen LogP contribution in [-0.2, 0) is 0 Å². The third-order valence-corrected chi connectivity index (χ3v) is 3.69. The Morgan fingerprint density at radius 3 is 2.42 bits per heavy atom. The third-order valence-electron chi connectivity index (χ3n) is 3.69. The monoisotopic (exact) mass is 276 g/mol. The van der Waals surface area contributed by atoms with Gasteiger partial charge in [-0.15, -0.1) is 0 Å². The van der Waals surface area contributed by atoms with Crippen LogP contribution in [0, 0.1) is 12.8 Å². The maximum atomic E-state index is 12.6. The van der Waals surface area contributed by atoms with Crippen molar-refractivity contribution < 1.29 is 17.6 Å². The molecule has 0 radical (unpaired) electrons. The van der Waals surface area contributed by atoms with Crippen molar-refractivity contribution in [2.75, 3.05) is 0 Å². The van der Waals surface area contributed by atoms with Gasteiger partial charge in [-0.05, 0) is 39.5 Å². The zero-order chi connectivity index (χ0) is 14.0. The van der Waals surface area contributed by atoms with Crippen molar-refractivity contribution in [3.63, 3.8) is 0 Å². The van der Waals surface area contributed by atoms with Crippen LogP contribution in [0.1, 0.15) is 50.3 Å². The number of oxazole rings is 1. The molecular weight excluding hydrogens is 257 g/mol. The van der Waals surface area contributed by atoms with E-state index >= 15 is 0 Å². The molecule has 1 unspecified atom stereocenters. The van der Waals surface area contributed by atoms with Gasteiger partial charge < -0.3 is 9.73 Å². The predicted octanol–water partition coefficient (Wildman–Crippen LogP) is 3.75. The highest BCUT2D eigenvalue weighted by Crippen LogP contribution is 2.37. The highest BCUT2D eigenvalue weighted by atomic mass is 19.4. The van der Waals surface area contributed by atoms with Crippen molar-refractivity contribution >= 4 is 0 Å². The molecule has 1 N–H and O–H groups in total. The lowest BCUT2D eigenvalue weighted by Crippen LogP contribution is -2.38. The molecule has 3 nitrogen and oxygen atoms in total. The maximum Gasteiger partial charge on any atom is 0.391 e. The fourth-order valence-corrected chi connectivity index (χ4v) is 2.58. The molecule has 0 amide bonds. The van der Waals surface area contributed by atoms with Crippen LogP contribution in [0.3, 0.4) is 0 Å². The summed E-state index contributed by atoms with van der Waals surface area (Å²) in [5, 5.41) is 3.30. The zero-order valence-corrected chi connectivity index (χ0v) is 11.1. The average molecular weight is 276 g/mol. The van der Waals surface area contributed by atoms with Crippen molar-refractivity contribution in [3.05, 3.63) is 17.8 Å². The molecule has 1 fully saturated rings. The van der Waals surface area contributed by atoms with E-state index in [-0.39, 0.29) is 24.9 Å². The van der Waals surface area contributed by atoms with Crippen molar-refractivity contribution in [2.24, 2.45) is 5.92 Å². The second-order valence-electron chi connectivity index (χ2n) is 5.29. The van der Waals surface area contributed by atoms with Gasteiger partial charge >= 0.3 is 6.18 Å². The number of hydrogen-bond donors (Lipinski definition) is 1. The number of alkyl halides is 3. The molecule has 0 spiro atoms. The summed E-state index contributed by atoms with van der Waals surface area (Å²) in [6.45, 7) is 3.73. The Morgan fingerprint density at radius 1 is 1.32 bits per heavy atom. The number of hydrogen-bond acceptors (Lipinski definition) is 3. The summed E-state index contributed by atoms with van der Waals surface area (Å²) in [7, 11) is 0. The van der Waals surface area contributed by atoms with Crippen molar-refractivity contribution in [1.29, 1.82) is 0 Å². The van der Waals surface area contributed by atoms with E-state index in [4.69, 9.17) is 4.42 Å². The van der Waals surface area contributed by atoms with E-state index in [9.17, 15) is 13.2 Å². The summed E-state index contributed by atoms with van der Waals surface area (Å²) >= 11 is 0. The van der Waals surface area contributed by atoms with E-state index < -0.39 is 12.1 Å². The van der Waals surface area contributed by atoms with E-state index in [0.717, 1.165) is 5.76 Å². The summed E-state index contributed by atoms with van der Waals surface area (Å²) in [5.41, 5.74) is 0. The van der Waals surface area contributed by atoms with Crippen LogP contribution in [0.25, 0.3) is 0 Å². The molecule has 1 heterocycles. The normalized spacial score (nSPS) is 26.4. The Bertz CT molecular complexity index is 408. The summed E-state index contributed by atoms with van der Waals surface area (Å²) in [6, 6.07) is 0.0435. The molecule has 0 bridgehead atoms. The van der Waals surface area contributed by atoms with E-state index in [1.807, 2.05) is 13.8 Å². The predicted molar refractivity (Wildman–Crippen MR) is 64.6 cm³/mol. The summed E-state index contributed by atoms with van der Waals surface area (Å²) < 4.78 is 43.1. The quantitative estimate of drug-likeness (QED) is 0.913. The van der Waals surface area contributed by atoms with E-state index in [1.54, 1.807) is 6.20 Å². The zero-order valence-electron chi connectivity index (χ0n) is 11.1. The van der Waals surface area contributed by atoms with E-state index in [2.05, 4.69) is 10.3 Å². The molecule has 0 saturated heterocycles. The van der Waals surface area contributed by atoms with Gasteiger partial charge in [0.05, 0.1) is 18.2 Å². The van der Waals surface area contributed by atoms with Crippen LogP contribution in [0.4, 0.5) is 13.2 Å². The number of halogens is 3. The molecule has 1 aliphatic carbocycles. The fraction of sp³-hybridized carbons (Fsp3) is 0.769. The Kier molecular flexibility index (Phi) is 4.18. The lowest BCUT2D eigenvalue weighted by molar-refractivity contribution is -0.182. The van der Waals surface area contributed by atoms with Gasteiger partial charge in [0.2, 0.25) is 5.89 Å². The maximum absolute atomic E-state index is 12.6. The highest BCUT2D eigenvalue weighted by Gasteiger charge is 2.41. The molecule has 1 aliphatic rings. The van der Waals surface area contributed by atoms with Gasteiger partial charge in [-0.2, -0.15) is 13.2 Å². The molecule has 2 rings (SSSR count). The first-order chi connectivity index (χ1) is 8.86. The van der Waals surface area contributed by atoms with E-state index in [1.165, 1.54) is 0 Å². The van der Waals surface area contributed by atoms with Crippen LogP contribution in [0.2, 0.25) is 0 Å². The third kappa shape index (κ3) is 3.72. The molecular formula is C13H19F3N2O. The lowest BCUT2D eigenvalue weighted by atomic mass is 9.85. The SMILES string of the molecule is Cc1cnc(C(C)NC2CCC(C(F)(F)F)CC2)o1. The molecule has 1 aromatic rings. The minimum atomic E-state index is -4.05. The van der Waals surface area contributed by atoms with Crippen LogP contribution in [-0.4, -0.2) is 17.2 Å². The number of aromatic nitrogens is 1. The van der Waals surface area contributed by atoms with Crippen LogP contribution >= 0.6 is 0 Å². The van der Waals surface area contributed by atoms with Crippen molar-refractivity contribution in [3.8, 4) is 0 Å². The minimum Gasteiger partial charge on any atom is -0.444 e. The number of nitrogens with zero attached hydrogens (tertiary/aromatic N) is 1. The summed E-state index contributed by atoms with van der Waals surface area (Å²) in [6.07, 6.45) is -0.885. The average Bonchev–Trinajstić information content (AvgIpc) is 2.75. The molecule has 0 aliphatic heterocycles. The Labute approximate surface area is 110 Å². The number of rotatable bonds is 3. The topological polar surface area (TPSA) is 38.1 Å². The van der Waals surface area contributed by atoms with Gasteiger partial charge in [0.25, 0.3) is 0 Å². The van der Waals surface area contributed by atoms with Crippen LogP contribution < -0.4 is 5.32 Å². The van der Waals surface area contributed by atoms with Gasteiger partial charge in [0.1, 0.15) is 5.76 Å². The molecule has 1 saturated carbocycles. The fourth-order valence-electron chi connectivity index (χ4n) is 2.58. The first-order valence-electron chi connectivity index (χ1n) is 6.61. The lowest BCUT2D eigenvalue weighted by Gasteiger charge is -2.31. The van der Waals surface area contributed by atoms with Crippen molar-refractivity contribution in [2.45, 2.75) is 57.8 Å². The smallest absolute Gasteiger partial charge is 0.391 e. The second-order valence-corrected chi connectivity index (χ2v) is 5.29. The van der Waals surface area contributed by atoms with Gasteiger partial charge in [-0.1, -0.05) is 0 Å². The van der Waals surface area contributed by atoms with Gasteiger partial charge in [0.15, 0.2) is 0 Å². The Balaban J connectivity index is 1.82. The van der Waals surface area contributed by atoms with Crippen LogP contribution in [0.15, 0.2) is 10.6 Å². The molecule has 108 valence electrons. The Hall–Kier alpha value is -1.04. The molecule has 6 heteroatoms. The van der Waals surface area contributed by atoms with Gasteiger partial charge in [-0.3, -0.25) is 0 Å². The summed E-state index contributed by atoms with van der Waals surface area (Å²) in [5.74, 6) is 0.199. The van der Waals surface area contributed by atoms with Crippen LogP contribution in [0.5, 0.6) is 0 Å². The van der Waals surface area contributed by atoms with Gasteiger partial charge in [0, 0.05) is 6.04 Å². The standard InChI is InChI=1S/C13H19F3N2O/c1-8-7-17-12(19-8)9(2)18-11-5-3-10(4-6-11)13(14,15)16/h7,9-11,18H,3-6H2,1-2H3. The number of nitrogens with one attached hydrogen (secondary N) is 1. The second kappa shape index (κ2) is 5.53. The first-order valence-corrected chi connectivity index (χ1v) is 6.61. The minimum absolute atomic E-state index is 0.0684. The summed E-state index contributed by atoms with van der Waals surface area (Å²) in [4.78, 5) is 4.13. The van der Waals surface area contributed by atoms with E-state index in [0.29, 0.717) is 18.7 Å². The van der Waals surface area contributed by atoms with Crippen molar-refractivity contribution in [1.82, 2.24) is 10.3 Å². The number of aryl methyl sites for hydroxylation is 1. The largest absolute Gasteiger partial charge is 0.444 e. The molecule has 1 atom stereocenters. The molecule has 1 aromatic heterocycles. The molecule has 19 heavy (non-hydrogen) atoms.